The number of phenolic OH excluding ortho intramolecular Hbond substituents is 1. The van der Waals surface area contributed by atoms with Crippen LogP contribution in [-0.2, 0) is 0 Å². The Labute approximate surface area is 105 Å². The molecule has 2 nitrogen and oxygen atoms in total. The van der Waals surface area contributed by atoms with Crippen molar-refractivity contribution in [3.05, 3.63) is 28.2 Å². The van der Waals surface area contributed by atoms with Crippen molar-refractivity contribution in [2.24, 2.45) is 11.1 Å². The lowest BCUT2D eigenvalue weighted by molar-refractivity contribution is 0.325. The van der Waals surface area contributed by atoms with Crippen LogP contribution >= 0.6 is 28.3 Å². The Bertz CT molecular complexity index is 336. The molecular formula is C11H17BrClNO. The van der Waals surface area contributed by atoms with Crippen LogP contribution in [0.5, 0.6) is 5.75 Å². The molecule has 0 radical (unpaired) electrons. The van der Waals surface area contributed by atoms with Gasteiger partial charge in [-0.1, -0.05) is 36.7 Å². The molecule has 0 amide bonds. The van der Waals surface area contributed by atoms with Crippen LogP contribution in [0, 0.1) is 5.41 Å². The molecule has 0 saturated heterocycles. The van der Waals surface area contributed by atoms with Crippen LogP contribution in [0.2, 0.25) is 0 Å². The third-order valence-corrected chi connectivity index (χ3v) is 2.97. The molecular weight excluding hydrogens is 277 g/mol. The SMILES string of the molecule is CC(C)(C)[C@H](N)c1cc(O)ccc1Br.Cl. The Kier molecular flexibility index (Phi) is 5.10. The smallest absolute Gasteiger partial charge is 0.115 e. The van der Waals surface area contributed by atoms with Crippen LogP contribution in [0.25, 0.3) is 0 Å². The first-order valence-electron chi connectivity index (χ1n) is 4.56. The van der Waals surface area contributed by atoms with Gasteiger partial charge >= 0.3 is 0 Å². The second-order valence-corrected chi connectivity index (χ2v) is 5.40. The number of aromatic hydroxyl groups is 1. The van der Waals surface area contributed by atoms with E-state index in [1.807, 2.05) is 6.07 Å². The average molecular weight is 295 g/mol. The van der Waals surface area contributed by atoms with Crippen molar-refractivity contribution in [1.82, 2.24) is 0 Å². The van der Waals surface area contributed by atoms with Crippen molar-refractivity contribution < 1.29 is 5.11 Å². The monoisotopic (exact) mass is 293 g/mol. The summed E-state index contributed by atoms with van der Waals surface area (Å²) in [7, 11) is 0. The molecule has 0 unspecified atom stereocenters. The van der Waals surface area contributed by atoms with Gasteiger partial charge in [-0.05, 0) is 29.2 Å². The van der Waals surface area contributed by atoms with E-state index in [1.165, 1.54) is 0 Å². The standard InChI is InChI=1S/C11H16BrNO.ClH/c1-11(2,3)10(13)8-6-7(14)4-5-9(8)12;/h4-6,10,14H,13H2,1-3H3;1H/t10-;/m1./s1. The van der Waals surface area contributed by atoms with Gasteiger partial charge in [-0.3, -0.25) is 0 Å². The number of hydrogen-bond donors (Lipinski definition) is 2. The van der Waals surface area contributed by atoms with Crippen LogP contribution in [-0.4, -0.2) is 5.11 Å². The fourth-order valence-corrected chi connectivity index (χ4v) is 1.73. The summed E-state index contributed by atoms with van der Waals surface area (Å²) in [6.07, 6.45) is 0. The lowest BCUT2D eigenvalue weighted by Crippen LogP contribution is -2.26. The first-order chi connectivity index (χ1) is 6.32. The zero-order valence-corrected chi connectivity index (χ0v) is 11.5. The van der Waals surface area contributed by atoms with Crippen molar-refractivity contribution in [3.63, 3.8) is 0 Å². The van der Waals surface area contributed by atoms with E-state index in [0.29, 0.717) is 0 Å². The third kappa shape index (κ3) is 3.67. The van der Waals surface area contributed by atoms with Gasteiger partial charge in [0.25, 0.3) is 0 Å². The fourth-order valence-electron chi connectivity index (χ4n) is 1.24. The highest BCUT2D eigenvalue weighted by atomic mass is 79.9. The van der Waals surface area contributed by atoms with Crippen LogP contribution in [0.1, 0.15) is 32.4 Å². The van der Waals surface area contributed by atoms with Gasteiger partial charge in [0.1, 0.15) is 5.75 Å². The van der Waals surface area contributed by atoms with Crippen LogP contribution in [0.15, 0.2) is 22.7 Å². The Hall–Kier alpha value is -0.250. The molecule has 0 heterocycles. The predicted octanol–water partition coefficient (Wildman–Crippen LogP) is 3.62. The molecule has 86 valence electrons. The van der Waals surface area contributed by atoms with Gasteiger partial charge in [0.2, 0.25) is 0 Å². The molecule has 0 aromatic heterocycles. The molecule has 15 heavy (non-hydrogen) atoms. The van der Waals surface area contributed by atoms with E-state index in [4.69, 9.17) is 5.73 Å². The average Bonchev–Trinajstić information content (AvgIpc) is 2.06. The summed E-state index contributed by atoms with van der Waals surface area (Å²) in [5, 5.41) is 9.38. The van der Waals surface area contributed by atoms with E-state index in [1.54, 1.807) is 12.1 Å². The maximum Gasteiger partial charge on any atom is 0.115 e. The van der Waals surface area contributed by atoms with Gasteiger partial charge < -0.3 is 10.8 Å². The first-order valence-corrected chi connectivity index (χ1v) is 5.35. The van der Waals surface area contributed by atoms with Gasteiger partial charge in [0.15, 0.2) is 0 Å². The highest BCUT2D eigenvalue weighted by Gasteiger charge is 2.24. The Morgan fingerprint density at radius 2 is 1.87 bits per heavy atom. The number of rotatable bonds is 1. The van der Waals surface area contributed by atoms with Crippen LogP contribution in [0.4, 0.5) is 0 Å². The van der Waals surface area contributed by atoms with Gasteiger partial charge in [0.05, 0.1) is 0 Å². The number of halogens is 2. The van der Waals surface area contributed by atoms with Gasteiger partial charge in [-0.2, -0.15) is 0 Å². The lowest BCUT2D eigenvalue weighted by Gasteiger charge is -2.28. The van der Waals surface area contributed by atoms with Crippen molar-refractivity contribution in [2.75, 3.05) is 0 Å². The quantitative estimate of drug-likeness (QED) is 0.831. The zero-order chi connectivity index (χ0) is 10.9. The summed E-state index contributed by atoms with van der Waals surface area (Å²) in [5.41, 5.74) is 7.03. The molecule has 1 rings (SSSR count). The predicted molar refractivity (Wildman–Crippen MR) is 69.4 cm³/mol. The molecule has 0 bridgehead atoms. The summed E-state index contributed by atoms with van der Waals surface area (Å²) in [6.45, 7) is 6.23. The molecule has 3 N–H and O–H groups in total. The van der Waals surface area contributed by atoms with Crippen LogP contribution in [0.3, 0.4) is 0 Å². The summed E-state index contributed by atoms with van der Waals surface area (Å²) in [4.78, 5) is 0. The van der Waals surface area contributed by atoms with Gasteiger partial charge in [-0.25, -0.2) is 0 Å². The van der Waals surface area contributed by atoms with E-state index < -0.39 is 0 Å². The highest BCUT2D eigenvalue weighted by Crippen LogP contribution is 2.35. The van der Waals surface area contributed by atoms with Crippen LogP contribution < -0.4 is 5.73 Å². The topological polar surface area (TPSA) is 46.2 Å². The Morgan fingerprint density at radius 1 is 1.33 bits per heavy atom. The molecule has 0 spiro atoms. The van der Waals surface area contributed by atoms with E-state index >= 15 is 0 Å². The van der Waals surface area contributed by atoms with E-state index in [0.717, 1.165) is 10.0 Å². The van der Waals surface area contributed by atoms with Crippen molar-refractivity contribution >= 4 is 28.3 Å². The number of nitrogens with two attached hydrogens (primary N) is 1. The first kappa shape index (κ1) is 14.8. The normalized spacial score (nSPS) is 13.1. The Morgan fingerprint density at radius 3 is 2.33 bits per heavy atom. The second-order valence-electron chi connectivity index (χ2n) is 4.55. The van der Waals surface area contributed by atoms with Crippen molar-refractivity contribution in [2.45, 2.75) is 26.8 Å². The molecule has 0 fully saturated rings. The molecule has 0 aliphatic heterocycles. The fraction of sp³-hybridized carbons (Fsp3) is 0.455. The van der Waals surface area contributed by atoms with E-state index in [-0.39, 0.29) is 29.6 Å². The van der Waals surface area contributed by atoms with Gasteiger partial charge in [0, 0.05) is 10.5 Å². The summed E-state index contributed by atoms with van der Waals surface area (Å²) < 4.78 is 0.942. The van der Waals surface area contributed by atoms with Crippen molar-refractivity contribution in [3.8, 4) is 5.75 Å². The maximum absolute atomic E-state index is 9.38. The molecule has 0 aliphatic rings. The minimum atomic E-state index is -0.0935. The van der Waals surface area contributed by atoms with Crippen molar-refractivity contribution in [1.29, 1.82) is 0 Å². The molecule has 0 aliphatic carbocycles. The number of phenols is 1. The van der Waals surface area contributed by atoms with E-state index in [2.05, 4.69) is 36.7 Å². The highest BCUT2D eigenvalue weighted by molar-refractivity contribution is 9.10. The number of hydrogen-bond acceptors (Lipinski definition) is 2. The largest absolute Gasteiger partial charge is 0.508 e. The molecule has 1 aromatic rings. The summed E-state index contributed by atoms with van der Waals surface area (Å²) in [6, 6.07) is 5.07. The second kappa shape index (κ2) is 5.19. The van der Waals surface area contributed by atoms with Gasteiger partial charge in [-0.15, -0.1) is 12.4 Å². The minimum absolute atomic E-state index is 0. The minimum Gasteiger partial charge on any atom is -0.508 e. The zero-order valence-electron chi connectivity index (χ0n) is 9.12. The van der Waals surface area contributed by atoms with E-state index in [9.17, 15) is 5.11 Å². The molecule has 1 aromatic carbocycles. The third-order valence-electron chi connectivity index (χ3n) is 2.25. The lowest BCUT2D eigenvalue weighted by atomic mass is 9.83. The molecule has 0 saturated carbocycles. The molecule has 4 heteroatoms. The Balaban J connectivity index is 0.00000196. The number of benzene rings is 1. The molecule has 1 atom stereocenters. The summed E-state index contributed by atoms with van der Waals surface area (Å²) >= 11 is 3.43. The summed E-state index contributed by atoms with van der Waals surface area (Å²) in [5.74, 6) is 0.253. The maximum atomic E-state index is 9.38.